The maximum Gasteiger partial charge on any atom is 0.0592 e. The molecule has 0 aliphatic carbocycles. The lowest BCUT2D eigenvalue weighted by molar-refractivity contribution is 0.409. The third kappa shape index (κ3) is 5.04. The fourth-order valence-electron chi connectivity index (χ4n) is 1.70. The highest BCUT2D eigenvalue weighted by Gasteiger charge is 2.11. The molecule has 1 rings (SSSR count). The molecule has 0 aliphatic rings. The van der Waals surface area contributed by atoms with Gasteiger partial charge in [0.05, 0.1) is 10.2 Å². The summed E-state index contributed by atoms with van der Waals surface area (Å²) in [6, 6.07) is 2.07. The third-order valence-electron chi connectivity index (χ3n) is 2.49. The summed E-state index contributed by atoms with van der Waals surface area (Å²) in [6.45, 7) is 7.65. The van der Waals surface area contributed by atoms with Crippen molar-refractivity contribution in [2.75, 3.05) is 38.6 Å². The number of nitrogens with zero attached hydrogens (tertiary/aromatic N) is 3. The van der Waals surface area contributed by atoms with E-state index in [9.17, 15) is 0 Å². The highest BCUT2D eigenvalue weighted by molar-refractivity contribution is 9.10. The monoisotopic (exact) mass is 299 g/mol. The van der Waals surface area contributed by atoms with Crippen molar-refractivity contribution in [2.45, 2.75) is 13.8 Å². The van der Waals surface area contributed by atoms with Gasteiger partial charge in [-0.25, -0.2) is 0 Å². The van der Waals surface area contributed by atoms with Crippen LogP contribution >= 0.6 is 15.9 Å². The quantitative estimate of drug-likeness (QED) is 0.805. The fraction of sp³-hybridized carbons (Fsp3) is 0.615. The largest absolute Gasteiger partial charge is 0.369 e. The number of halogens is 1. The Morgan fingerprint density at radius 1 is 1.29 bits per heavy atom. The van der Waals surface area contributed by atoms with E-state index in [1.165, 1.54) is 5.69 Å². The Kier molecular flexibility index (Phi) is 5.92. The predicted molar refractivity (Wildman–Crippen MR) is 77.5 cm³/mol. The predicted octanol–water partition coefficient (Wildman–Crippen LogP) is 2.87. The van der Waals surface area contributed by atoms with E-state index in [1.54, 1.807) is 0 Å². The molecule has 0 saturated heterocycles. The number of hydrogen-bond donors (Lipinski definition) is 0. The van der Waals surface area contributed by atoms with Gasteiger partial charge in [-0.2, -0.15) is 0 Å². The number of rotatable bonds is 6. The summed E-state index contributed by atoms with van der Waals surface area (Å²) in [7, 11) is 4.21. The summed E-state index contributed by atoms with van der Waals surface area (Å²) in [5.41, 5.74) is 1.23. The van der Waals surface area contributed by atoms with Gasteiger partial charge < -0.3 is 9.80 Å². The van der Waals surface area contributed by atoms with Gasteiger partial charge in [0.15, 0.2) is 0 Å². The minimum absolute atomic E-state index is 0.650. The van der Waals surface area contributed by atoms with E-state index in [0.717, 1.165) is 24.1 Å². The van der Waals surface area contributed by atoms with Crippen molar-refractivity contribution in [1.82, 2.24) is 9.88 Å². The number of pyridine rings is 1. The average Bonchev–Trinajstić information content (AvgIpc) is 2.24. The first-order valence-electron chi connectivity index (χ1n) is 6.00. The second-order valence-electron chi connectivity index (χ2n) is 4.97. The van der Waals surface area contributed by atoms with Crippen LogP contribution < -0.4 is 4.90 Å². The van der Waals surface area contributed by atoms with Crippen molar-refractivity contribution < 1.29 is 0 Å². The first-order chi connectivity index (χ1) is 8.00. The SMILES string of the molecule is CC(C)CN(CCN(C)C)c1ccncc1Br. The molecule has 0 N–H and O–H groups in total. The van der Waals surface area contributed by atoms with Crippen LogP contribution in [0.1, 0.15) is 13.8 Å². The van der Waals surface area contributed by atoms with Crippen LogP contribution in [-0.4, -0.2) is 43.6 Å². The van der Waals surface area contributed by atoms with Gasteiger partial charge in [-0.15, -0.1) is 0 Å². The number of anilines is 1. The van der Waals surface area contributed by atoms with E-state index in [1.807, 2.05) is 12.4 Å². The summed E-state index contributed by atoms with van der Waals surface area (Å²) in [4.78, 5) is 8.74. The lowest BCUT2D eigenvalue weighted by atomic mass is 10.2. The lowest BCUT2D eigenvalue weighted by Gasteiger charge is -2.28. The second kappa shape index (κ2) is 6.97. The molecular formula is C13H22BrN3. The summed E-state index contributed by atoms with van der Waals surface area (Å²) in [5, 5.41) is 0. The summed E-state index contributed by atoms with van der Waals surface area (Å²) in [6.07, 6.45) is 3.71. The minimum atomic E-state index is 0.650. The van der Waals surface area contributed by atoms with Gasteiger partial charge in [-0.1, -0.05) is 13.8 Å². The van der Waals surface area contributed by atoms with Gasteiger partial charge in [0.2, 0.25) is 0 Å². The molecule has 0 atom stereocenters. The highest BCUT2D eigenvalue weighted by atomic mass is 79.9. The maximum absolute atomic E-state index is 4.12. The van der Waals surface area contributed by atoms with Crippen LogP contribution in [0.3, 0.4) is 0 Å². The van der Waals surface area contributed by atoms with E-state index in [0.29, 0.717) is 5.92 Å². The molecule has 0 bridgehead atoms. The fourth-order valence-corrected chi connectivity index (χ4v) is 2.20. The van der Waals surface area contributed by atoms with Crippen molar-refractivity contribution in [3.8, 4) is 0 Å². The molecule has 1 aromatic rings. The summed E-state index contributed by atoms with van der Waals surface area (Å²) >= 11 is 3.58. The molecule has 0 amide bonds. The smallest absolute Gasteiger partial charge is 0.0592 e. The van der Waals surface area contributed by atoms with Crippen LogP contribution in [0.25, 0.3) is 0 Å². The van der Waals surface area contributed by atoms with Crippen LogP contribution in [0, 0.1) is 5.92 Å². The Hall–Kier alpha value is -0.610. The Bertz CT molecular complexity index is 339. The van der Waals surface area contributed by atoms with E-state index in [2.05, 4.69) is 64.7 Å². The molecule has 17 heavy (non-hydrogen) atoms. The molecule has 1 heterocycles. The molecule has 0 saturated carbocycles. The Labute approximate surface area is 113 Å². The first kappa shape index (κ1) is 14.5. The van der Waals surface area contributed by atoms with E-state index in [4.69, 9.17) is 0 Å². The van der Waals surface area contributed by atoms with Crippen LogP contribution in [0.15, 0.2) is 22.9 Å². The minimum Gasteiger partial charge on any atom is -0.369 e. The zero-order chi connectivity index (χ0) is 12.8. The van der Waals surface area contributed by atoms with Gasteiger partial charge in [-0.05, 0) is 42.0 Å². The summed E-state index contributed by atoms with van der Waals surface area (Å²) < 4.78 is 1.07. The van der Waals surface area contributed by atoms with Gasteiger partial charge in [0, 0.05) is 32.0 Å². The van der Waals surface area contributed by atoms with Crippen molar-refractivity contribution in [3.63, 3.8) is 0 Å². The second-order valence-corrected chi connectivity index (χ2v) is 5.82. The van der Waals surface area contributed by atoms with Crippen molar-refractivity contribution >= 4 is 21.6 Å². The zero-order valence-corrected chi connectivity index (χ0v) is 12.7. The van der Waals surface area contributed by atoms with Crippen LogP contribution in [0.5, 0.6) is 0 Å². The zero-order valence-electron chi connectivity index (χ0n) is 11.2. The van der Waals surface area contributed by atoms with Gasteiger partial charge in [0.1, 0.15) is 0 Å². The Morgan fingerprint density at radius 2 is 2.00 bits per heavy atom. The molecule has 3 nitrogen and oxygen atoms in total. The van der Waals surface area contributed by atoms with Crippen LogP contribution in [0.2, 0.25) is 0 Å². The molecule has 0 aromatic carbocycles. The van der Waals surface area contributed by atoms with Gasteiger partial charge >= 0.3 is 0 Å². The van der Waals surface area contributed by atoms with Gasteiger partial charge in [0.25, 0.3) is 0 Å². The molecule has 1 aromatic heterocycles. The topological polar surface area (TPSA) is 19.4 Å². The standard InChI is InChI=1S/C13H22BrN3/c1-11(2)10-17(8-7-16(3)4)13-5-6-15-9-12(13)14/h5-6,9,11H,7-8,10H2,1-4H3. The number of likely N-dealkylation sites (N-methyl/N-ethyl adjacent to an activating group) is 1. The molecular weight excluding hydrogens is 278 g/mol. The van der Waals surface area contributed by atoms with Crippen molar-refractivity contribution in [3.05, 3.63) is 22.9 Å². The maximum atomic E-state index is 4.12. The van der Waals surface area contributed by atoms with E-state index in [-0.39, 0.29) is 0 Å². The molecule has 4 heteroatoms. The molecule has 96 valence electrons. The van der Waals surface area contributed by atoms with Crippen molar-refractivity contribution in [1.29, 1.82) is 0 Å². The van der Waals surface area contributed by atoms with Crippen molar-refractivity contribution in [2.24, 2.45) is 5.92 Å². The molecule has 0 spiro atoms. The third-order valence-corrected chi connectivity index (χ3v) is 3.11. The molecule has 0 aliphatic heterocycles. The molecule has 0 unspecified atom stereocenters. The normalized spacial score (nSPS) is 11.2. The van der Waals surface area contributed by atoms with E-state index >= 15 is 0 Å². The number of hydrogen-bond acceptors (Lipinski definition) is 3. The van der Waals surface area contributed by atoms with E-state index < -0.39 is 0 Å². The number of aromatic nitrogens is 1. The Balaban J connectivity index is 2.78. The van der Waals surface area contributed by atoms with Crippen LogP contribution in [0.4, 0.5) is 5.69 Å². The lowest BCUT2D eigenvalue weighted by Crippen LogP contribution is -2.34. The highest BCUT2D eigenvalue weighted by Crippen LogP contribution is 2.25. The molecule has 0 fully saturated rings. The Morgan fingerprint density at radius 3 is 2.53 bits per heavy atom. The molecule has 0 radical (unpaired) electrons. The first-order valence-corrected chi connectivity index (χ1v) is 6.79. The van der Waals surface area contributed by atoms with Crippen LogP contribution in [-0.2, 0) is 0 Å². The van der Waals surface area contributed by atoms with Gasteiger partial charge in [-0.3, -0.25) is 4.98 Å². The average molecular weight is 300 g/mol. The summed E-state index contributed by atoms with van der Waals surface area (Å²) in [5.74, 6) is 0.650.